The lowest BCUT2D eigenvalue weighted by atomic mass is 9.95. The van der Waals surface area contributed by atoms with Crippen LogP contribution in [-0.4, -0.2) is 34.4 Å². The number of amides is 2. The van der Waals surface area contributed by atoms with Gasteiger partial charge in [-0.2, -0.15) is 0 Å². The monoisotopic (exact) mass is 439 g/mol. The van der Waals surface area contributed by atoms with Gasteiger partial charge < -0.3 is 16.0 Å². The van der Waals surface area contributed by atoms with E-state index >= 15 is 0 Å². The highest BCUT2D eigenvalue weighted by Crippen LogP contribution is 2.32. The highest BCUT2D eigenvalue weighted by atomic mass is 16.2. The number of rotatable bonds is 5. The molecule has 3 heterocycles. The lowest BCUT2D eigenvalue weighted by Gasteiger charge is -2.20. The molecule has 0 atom stereocenters. The molecule has 1 aromatic carbocycles. The molecule has 0 bridgehead atoms. The van der Waals surface area contributed by atoms with Crippen molar-refractivity contribution < 1.29 is 9.59 Å². The lowest BCUT2D eigenvalue weighted by molar-refractivity contribution is -0.111. The minimum absolute atomic E-state index is 0.169. The Morgan fingerprint density at radius 2 is 1.85 bits per heavy atom. The lowest BCUT2D eigenvalue weighted by Crippen LogP contribution is -2.33. The number of hydrogen-bond donors (Lipinski definition) is 3. The van der Waals surface area contributed by atoms with Crippen LogP contribution in [0.5, 0.6) is 0 Å². The molecule has 3 N–H and O–H groups in total. The third-order valence-electron chi connectivity index (χ3n) is 6.09. The fourth-order valence-corrected chi connectivity index (χ4v) is 4.35. The summed E-state index contributed by atoms with van der Waals surface area (Å²) in [6, 6.07) is 13.5. The van der Waals surface area contributed by atoms with Crippen LogP contribution in [0.2, 0.25) is 0 Å². The molecule has 7 heteroatoms. The summed E-state index contributed by atoms with van der Waals surface area (Å²) in [5.41, 5.74) is 5.21. The Balaban J connectivity index is 1.30. The number of nitrogens with one attached hydrogen (secondary N) is 3. The van der Waals surface area contributed by atoms with Gasteiger partial charge in [-0.3, -0.25) is 14.6 Å². The Hall–Kier alpha value is -4.00. The van der Waals surface area contributed by atoms with Crippen molar-refractivity contribution in [2.45, 2.75) is 31.7 Å². The summed E-state index contributed by atoms with van der Waals surface area (Å²) in [5, 5.41) is 9.25. The van der Waals surface area contributed by atoms with Crippen LogP contribution in [0.15, 0.2) is 67.1 Å². The van der Waals surface area contributed by atoms with Crippen molar-refractivity contribution in [3.8, 4) is 11.1 Å². The quantitative estimate of drug-likeness (QED) is 0.552. The number of nitrogens with zero attached hydrogens (tertiary/aromatic N) is 2. The normalized spacial score (nSPS) is 15.2. The standard InChI is InChI=1S/C26H25N5O2/c32-25(31-20-8-10-24(29-16-20)26(33)30-19-5-1-2-6-19)21-11-13-28-23-9-7-17(14-22(21)23)18-4-3-12-27-15-18/h3-4,7-12,14-16,19,28H,1-2,5-6,13H2,(H,30,33)(H,31,32). The maximum Gasteiger partial charge on any atom is 0.270 e. The first-order chi connectivity index (χ1) is 16.2. The molecular formula is C26H25N5O2. The first kappa shape index (κ1) is 20.9. The fourth-order valence-electron chi connectivity index (χ4n) is 4.35. The molecule has 2 amide bonds. The fraction of sp³-hybridized carbons (Fsp3) is 0.231. The molecule has 33 heavy (non-hydrogen) atoms. The van der Waals surface area contributed by atoms with Crippen LogP contribution >= 0.6 is 0 Å². The van der Waals surface area contributed by atoms with Gasteiger partial charge in [0.1, 0.15) is 5.69 Å². The van der Waals surface area contributed by atoms with Crippen LogP contribution in [0, 0.1) is 0 Å². The van der Waals surface area contributed by atoms with Gasteiger partial charge >= 0.3 is 0 Å². The van der Waals surface area contributed by atoms with Crippen molar-refractivity contribution >= 4 is 28.8 Å². The second kappa shape index (κ2) is 9.24. The van der Waals surface area contributed by atoms with Crippen molar-refractivity contribution in [3.05, 3.63) is 78.4 Å². The highest BCUT2D eigenvalue weighted by Gasteiger charge is 2.21. The smallest absolute Gasteiger partial charge is 0.270 e. The largest absolute Gasteiger partial charge is 0.381 e. The van der Waals surface area contributed by atoms with Crippen LogP contribution < -0.4 is 16.0 Å². The second-order valence-corrected chi connectivity index (χ2v) is 8.34. The third-order valence-corrected chi connectivity index (χ3v) is 6.09. The molecule has 0 saturated heterocycles. The van der Waals surface area contributed by atoms with Crippen LogP contribution in [0.25, 0.3) is 16.7 Å². The topological polar surface area (TPSA) is 96.0 Å². The van der Waals surface area contributed by atoms with Crippen molar-refractivity contribution in [2.24, 2.45) is 0 Å². The molecule has 1 aliphatic heterocycles. The van der Waals surface area contributed by atoms with Gasteiger partial charge in [-0.15, -0.1) is 0 Å². The first-order valence-electron chi connectivity index (χ1n) is 11.2. The van der Waals surface area contributed by atoms with Crippen molar-refractivity contribution in [2.75, 3.05) is 17.2 Å². The number of carbonyl (C=O) groups excluding carboxylic acids is 2. The molecule has 1 aliphatic carbocycles. The first-order valence-corrected chi connectivity index (χ1v) is 11.2. The molecule has 3 aromatic rings. The molecule has 0 radical (unpaired) electrons. The molecule has 166 valence electrons. The third kappa shape index (κ3) is 4.62. The van der Waals surface area contributed by atoms with Gasteiger partial charge in [0.2, 0.25) is 0 Å². The number of benzene rings is 1. The van der Waals surface area contributed by atoms with Crippen molar-refractivity contribution in [1.82, 2.24) is 15.3 Å². The van der Waals surface area contributed by atoms with Gasteiger partial charge in [0, 0.05) is 47.4 Å². The van der Waals surface area contributed by atoms with Crippen LogP contribution in [0.1, 0.15) is 41.7 Å². The SMILES string of the molecule is O=C(Nc1ccc(C(=O)NC2CCCC2)nc1)C1=CCNc2ccc(-c3cccnc3)cc21. The predicted molar refractivity (Wildman–Crippen MR) is 129 cm³/mol. The van der Waals surface area contributed by atoms with E-state index in [4.69, 9.17) is 0 Å². The summed E-state index contributed by atoms with van der Waals surface area (Å²) in [5.74, 6) is -0.385. The number of aromatic nitrogens is 2. The Morgan fingerprint density at radius 3 is 2.61 bits per heavy atom. The van der Waals surface area contributed by atoms with Crippen molar-refractivity contribution in [1.29, 1.82) is 0 Å². The van der Waals surface area contributed by atoms with Crippen LogP contribution in [0.3, 0.4) is 0 Å². The van der Waals surface area contributed by atoms with E-state index in [1.54, 1.807) is 24.5 Å². The Bertz CT molecular complexity index is 1200. The summed E-state index contributed by atoms with van der Waals surface area (Å²) in [7, 11) is 0. The van der Waals surface area contributed by atoms with Gasteiger partial charge in [0.25, 0.3) is 11.8 Å². The summed E-state index contributed by atoms with van der Waals surface area (Å²) in [6.45, 7) is 0.570. The maximum absolute atomic E-state index is 13.1. The summed E-state index contributed by atoms with van der Waals surface area (Å²) < 4.78 is 0. The molecule has 7 nitrogen and oxygen atoms in total. The minimum atomic E-state index is -0.217. The van der Waals surface area contributed by atoms with E-state index < -0.39 is 0 Å². The molecule has 0 unspecified atom stereocenters. The summed E-state index contributed by atoms with van der Waals surface area (Å²) in [6.07, 6.45) is 11.3. The predicted octanol–water partition coefficient (Wildman–Crippen LogP) is 4.26. The number of fused-ring (bicyclic) bond motifs is 1. The summed E-state index contributed by atoms with van der Waals surface area (Å²) >= 11 is 0. The van der Waals surface area contributed by atoms with E-state index in [9.17, 15) is 9.59 Å². The van der Waals surface area contributed by atoms with Crippen molar-refractivity contribution in [3.63, 3.8) is 0 Å². The number of hydrogen-bond acceptors (Lipinski definition) is 5. The molecular weight excluding hydrogens is 414 g/mol. The Kier molecular flexibility index (Phi) is 5.85. The highest BCUT2D eigenvalue weighted by molar-refractivity contribution is 6.27. The molecule has 2 aliphatic rings. The Labute approximate surface area is 192 Å². The Morgan fingerprint density at radius 1 is 0.970 bits per heavy atom. The van der Waals surface area contributed by atoms with Gasteiger partial charge in [0.05, 0.1) is 11.9 Å². The van der Waals surface area contributed by atoms with Crippen LogP contribution in [-0.2, 0) is 4.79 Å². The van der Waals surface area contributed by atoms with Gasteiger partial charge in [-0.25, -0.2) is 4.98 Å². The molecule has 1 saturated carbocycles. The van der Waals surface area contributed by atoms with Gasteiger partial charge in [0.15, 0.2) is 0 Å². The van der Waals surface area contributed by atoms with Gasteiger partial charge in [-0.1, -0.05) is 31.1 Å². The second-order valence-electron chi connectivity index (χ2n) is 8.34. The molecule has 5 rings (SSSR count). The zero-order chi connectivity index (χ0) is 22.6. The average molecular weight is 440 g/mol. The van der Waals surface area contributed by atoms with E-state index in [1.807, 2.05) is 36.4 Å². The number of pyridine rings is 2. The van der Waals surface area contributed by atoms with Gasteiger partial charge in [-0.05, 0) is 48.7 Å². The zero-order valence-corrected chi connectivity index (χ0v) is 18.2. The van der Waals surface area contributed by atoms with Crippen LogP contribution in [0.4, 0.5) is 11.4 Å². The molecule has 0 spiro atoms. The number of anilines is 2. The van der Waals surface area contributed by atoms with E-state index in [0.717, 1.165) is 48.1 Å². The van der Waals surface area contributed by atoms with E-state index in [-0.39, 0.29) is 17.9 Å². The molecule has 1 fully saturated rings. The molecule has 2 aromatic heterocycles. The zero-order valence-electron chi connectivity index (χ0n) is 18.2. The maximum atomic E-state index is 13.1. The average Bonchev–Trinajstić information content (AvgIpc) is 3.37. The number of carbonyl (C=O) groups is 2. The minimum Gasteiger partial charge on any atom is -0.381 e. The van der Waals surface area contributed by atoms with E-state index in [2.05, 4.69) is 25.9 Å². The van der Waals surface area contributed by atoms with E-state index in [0.29, 0.717) is 23.5 Å². The van der Waals surface area contributed by atoms with E-state index in [1.165, 1.54) is 6.20 Å². The summed E-state index contributed by atoms with van der Waals surface area (Å²) in [4.78, 5) is 33.9.